The number of aliphatic hydroxyl groups is 1. The molecule has 1 aromatic rings. The maximum absolute atomic E-state index is 11.8. The lowest BCUT2D eigenvalue weighted by Crippen LogP contribution is -2.93. The number of nitro groups is 1. The van der Waals surface area contributed by atoms with E-state index in [1.54, 1.807) is 0 Å². The molecule has 1 aromatic carbocycles. The summed E-state index contributed by atoms with van der Waals surface area (Å²) in [4.78, 5) is 32.8. The van der Waals surface area contributed by atoms with Crippen LogP contribution in [0.4, 0.5) is 11.4 Å². The zero-order valence-corrected chi connectivity index (χ0v) is 11.7. The van der Waals surface area contributed by atoms with E-state index in [0.717, 1.165) is 0 Å². The highest BCUT2D eigenvalue weighted by molar-refractivity contribution is 5.93. The Kier molecular flexibility index (Phi) is 6.93. The number of aliphatic carboxylic acids is 1. The number of non-ortho nitro benzene ring substituents is 1. The van der Waals surface area contributed by atoms with Crippen molar-refractivity contribution in [2.75, 3.05) is 18.5 Å². The van der Waals surface area contributed by atoms with E-state index in [4.69, 9.17) is 5.11 Å². The fourth-order valence-corrected chi connectivity index (χ4v) is 1.78. The van der Waals surface area contributed by atoms with Crippen molar-refractivity contribution in [1.29, 1.82) is 0 Å². The zero-order valence-electron chi connectivity index (χ0n) is 11.7. The molecule has 0 unspecified atom stereocenters. The maximum Gasteiger partial charge on any atom is 0.271 e. The summed E-state index contributed by atoms with van der Waals surface area (Å²) in [6.45, 7) is 0.273. The molecule has 0 heterocycles. The van der Waals surface area contributed by atoms with Gasteiger partial charge < -0.3 is 25.6 Å². The first-order valence-electron chi connectivity index (χ1n) is 6.63. The number of quaternary nitrogens is 1. The van der Waals surface area contributed by atoms with Crippen molar-refractivity contribution >= 4 is 23.3 Å². The van der Waals surface area contributed by atoms with Crippen LogP contribution in [0.2, 0.25) is 0 Å². The molecule has 0 saturated carbocycles. The minimum Gasteiger partial charge on any atom is -0.544 e. The molecule has 22 heavy (non-hydrogen) atoms. The van der Waals surface area contributed by atoms with Crippen molar-refractivity contribution in [3.63, 3.8) is 0 Å². The second kappa shape index (κ2) is 8.70. The number of carboxylic acid groups (broad SMARTS) is 1. The SMILES string of the molecule is O=C(C[C@@H]([NH2+]CCCO)C(=O)[O-])Nc1cccc([N+](=O)[O-])c1. The van der Waals surface area contributed by atoms with Crippen molar-refractivity contribution in [3.05, 3.63) is 34.4 Å². The molecule has 0 saturated heterocycles. The molecule has 0 spiro atoms. The van der Waals surface area contributed by atoms with Gasteiger partial charge in [0, 0.05) is 30.8 Å². The Balaban J connectivity index is 2.61. The van der Waals surface area contributed by atoms with E-state index in [2.05, 4.69) is 5.32 Å². The molecular weight excluding hydrogens is 294 g/mol. The van der Waals surface area contributed by atoms with Gasteiger partial charge in [-0.25, -0.2) is 0 Å². The third kappa shape index (κ3) is 5.85. The van der Waals surface area contributed by atoms with Crippen LogP contribution >= 0.6 is 0 Å². The van der Waals surface area contributed by atoms with Crippen LogP contribution in [0.5, 0.6) is 0 Å². The first kappa shape index (κ1) is 17.5. The van der Waals surface area contributed by atoms with Gasteiger partial charge in [-0.2, -0.15) is 0 Å². The minimum atomic E-state index is -1.38. The molecule has 1 amide bonds. The molecule has 0 aromatic heterocycles. The quantitative estimate of drug-likeness (QED) is 0.272. The molecule has 1 rings (SSSR count). The number of carboxylic acids is 1. The van der Waals surface area contributed by atoms with E-state index in [-0.39, 0.29) is 24.4 Å². The maximum atomic E-state index is 11.8. The number of rotatable bonds is 9. The van der Waals surface area contributed by atoms with Crippen LogP contribution in [0.1, 0.15) is 12.8 Å². The summed E-state index contributed by atoms with van der Waals surface area (Å²) in [6, 6.07) is 4.26. The first-order valence-corrected chi connectivity index (χ1v) is 6.63. The Morgan fingerprint density at radius 1 is 1.41 bits per heavy atom. The van der Waals surface area contributed by atoms with Gasteiger partial charge >= 0.3 is 0 Å². The molecule has 9 heteroatoms. The molecule has 0 bridgehead atoms. The lowest BCUT2D eigenvalue weighted by molar-refractivity contribution is -0.682. The Hall–Kier alpha value is -2.52. The summed E-state index contributed by atoms with van der Waals surface area (Å²) in [5.41, 5.74) is 0.0374. The van der Waals surface area contributed by atoms with Crippen LogP contribution in [-0.4, -0.2) is 41.1 Å². The monoisotopic (exact) mass is 311 g/mol. The van der Waals surface area contributed by atoms with E-state index in [1.165, 1.54) is 29.6 Å². The van der Waals surface area contributed by atoms with Gasteiger partial charge in [-0.05, 0) is 6.07 Å². The van der Waals surface area contributed by atoms with Crippen molar-refractivity contribution in [2.24, 2.45) is 0 Å². The topological polar surface area (TPSA) is 149 Å². The molecule has 0 aliphatic carbocycles. The summed E-state index contributed by atoms with van der Waals surface area (Å²) < 4.78 is 0. The average Bonchev–Trinajstić information content (AvgIpc) is 2.46. The van der Waals surface area contributed by atoms with Crippen LogP contribution in [0.25, 0.3) is 0 Å². The number of anilines is 1. The highest BCUT2D eigenvalue weighted by atomic mass is 16.6. The third-order valence-electron chi connectivity index (χ3n) is 2.86. The number of nitrogens with one attached hydrogen (secondary N) is 1. The minimum absolute atomic E-state index is 0.0733. The molecule has 0 aliphatic rings. The lowest BCUT2D eigenvalue weighted by Gasteiger charge is -2.16. The fourth-order valence-electron chi connectivity index (χ4n) is 1.78. The van der Waals surface area contributed by atoms with Crippen molar-refractivity contribution in [2.45, 2.75) is 18.9 Å². The summed E-state index contributed by atoms with van der Waals surface area (Å²) in [5, 5.41) is 34.0. The van der Waals surface area contributed by atoms with Crippen LogP contribution in [0.3, 0.4) is 0 Å². The highest BCUT2D eigenvalue weighted by Crippen LogP contribution is 2.17. The number of amides is 1. The lowest BCUT2D eigenvalue weighted by atomic mass is 10.2. The summed E-state index contributed by atoms with van der Waals surface area (Å²) in [7, 11) is 0. The van der Waals surface area contributed by atoms with Gasteiger partial charge in [-0.3, -0.25) is 14.9 Å². The fraction of sp³-hybridized carbons (Fsp3) is 0.385. The van der Waals surface area contributed by atoms with E-state index >= 15 is 0 Å². The van der Waals surface area contributed by atoms with Gasteiger partial charge in [0.2, 0.25) is 5.91 Å². The smallest absolute Gasteiger partial charge is 0.271 e. The standard InChI is InChI=1S/C13H17N3O6/c17-6-2-5-14-11(13(19)20)8-12(18)15-9-3-1-4-10(7-9)16(21)22/h1,3-4,7,11,14,17H,2,5-6,8H2,(H,15,18)(H,19,20)/t11-/m1/s1. The van der Waals surface area contributed by atoms with E-state index in [0.29, 0.717) is 13.0 Å². The summed E-state index contributed by atoms with van der Waals surface area (Å²) in [6.07, 6.45) is 0.0622. The Labute approximate surface area is 126 Å². The van der Waals surface area contributed by atoms with Crippen molar-refractivity contribution < 1.29 is 30.0 Å². The molecular formula is C13H17N3O6. The molecule has 1 atom stereocenters. The van der Waals surface area contributed by atoms with Gasteiger partial charge in [-0.15, -0.1) is 0 Å². The molecule has 0 fully saturated rings. The Morgan fingerprint density at radius 3 is 2.73 bits per heavy atom. The highest BCUT2D eigenvalue weighted by Gasteiger charge is 2.18. The molecule has 4 N–H and O–H groups in total. The number of hydrogen-bond acceptors (Lipinski definition) is 6. The average molecular weight is 311 g/mol. The largest absolute Gasteiger partial charge is 0.544 e. The second-order valence-corrected chi connectivity index (χ2v) is 4.59. The number of nitro benzene ring substituents is 1. The summed E-state index contributed by atoms with van der Waals surface area (Å²) in [5.74, 6) is -1.97. The number of aliphatic hydroxyl groups excluding tert-OH is 1. The van der Waals surface area contributed by atoms with E-state index in [9.17, 15) is 24.8 Å². The zero-order chi connectivity index (χ0) is 16.5. The summed E-state index contributed by atoms with van der Waals surface area (Å²) >= 11 is 0. The van der Waals surface area contributed by atoms with Gasteiger partial charge in [0.25, 0.3) is 5.69 Å². The predicted molar refractivity (Wildman–Crippen MR) is 73.6 cm³/mol. The van der Waals surface area contributed by atoms with Gasteiger partial charge in [0.1, 0.15) is 6.04 Å². The van der Waals surface area contributed by atoms with Crippen LogP contribution < -0.4 is 15.7 Å². The van der Waals surface area contributed by atoms with Crippen molar-refractivity contribution in [1.82, 2.24) is 0 Å². The molecule has 9 nitrogen and oxygen atoms in total. The normalized spacial score (nSPS) is 11.7. The van der Waals surface area contributed by atoms with Gasteiger partial charge in [-0.1, -0.05) is 6.07 Å². The van der Waals surface area contributed by atoms with E-state index < -0.39 is 22.8 Å². The number of carbonyl (C=O) groups excluding carboxylic acids is 2. The molecule has 120 valence electrons. The number of carbonyl (C=O) groups is 2. The number of nitrogens with two attached hydrogens (primary N) is 1. The van der Waals surface area contributed by atoms with Crippen molar-refractivity contribution in [3.8, 4) is 0 Å². The predicted octanol–water partition coefficient (Wildman–Crippen LogP) is -2.01. The Morgan fingerprint density at radius 2 is 2.14 bits per heavy atom. The molecule has 0 radical (unpaired) electrons. The van der Waals surface area contributed by atoms with Crippen LogP contribution in [0.15, 0.2) is 24.3 Å². The van der Waals surface area contributed by atoms with E-state index in [1.807, 2.05) is 0 Å². The number of hydrogen-bond donors (Lipinski definition) is 3. The van der Waals surface area contributed by atoms with Gasteiger partial charge in [0.15, 0.2) is 0 Å². The van der Waals surface area contributed by atoms with Crippen LogP contribution in [0, 0.1) is 10.1 Å². The second-order valence-electron chi connectivity index (χ2n) is 4.59. The number of nitrogens with zero attached hydrogens (tertiary/aromatic N) is 1. The van der Waals surface area contributed by atoms with Gasteiger partial charge in [0.05, 0.1) is 23.9 Å². The van der Waals surface area contributed by atoms with Crippen LogP contribution in [-0.2, 0) is 9.59 Å². The number of benzene rings is 1. The Bertz CT molecular complexity index is 548. The third-order valence-corrected chi connectivity index (χ3v) is 2.86. The molecule has 0 aliphatic heterocycles. The first-order chi connectivity index (χ1) is 10.4.